The topological polar surface area (TPSA) is 69.4 Å². The standard InChI is InChI=1S/C22H15BrClNO4S/c23-15-6-3-13(4-7-15)18-12-30-21(25-18)17-10-14-5-8-16(11-19(14)29-22(17)27)28-20(26)2-1-9-24/h3-8,10-12H,1-2,9H2. The summed E-state index contributed by atoms with van der Waals surface area (Å²) >= 11 is 10.4. The van der Waals surface area contributed by atoms with E-state index in [4.69, 9.17) is 20.8 Å². The van der Waals surface area contributed by atoms with E-state index in [0.29, 0.717) is 39.6 Å². The Balaban J connectivity index is 1.62. The number of nitrogens with zero attached hydrogens (tertiary/aromatic N) is 1. The summed E-state index contributed by atoms with van der Waals surface area (Å²) in [5, 5.41) is 3.21. The highest BCUT2D eigenvalue weighted by molar-refractivity contribution is 9.10. The fourth-order valence-electron chi connectivity index (χ4n) is 2.85. The van der Waals surface area contributed by atoms with E-state index in [0.717, 1.165) is 15.7 Å². The first-order valence-electron chi connectivity index (χ1n) is 9.10. The van der Waals surface area contributed by atoms with Gasteiger partial charge in [-0.05, 0) is 36.8 Å². The van der Waals surface area contributed by atoms with E-state index in [1.807, 2.05) is 29.6 Å². The van der Waals surface area contributed by atoms with Crippen LogP contribution in [0.1, 0.15) is 12.8 Å². The van der Waals surface area contributed by atoms with Crippen LogP contribution in [0.3, 0.4) is 0 Å². The predicted octanol–water partition coefficient (Wildman–Crippen LogP) is 6.27. The quantitative estimate of drug-likeness (QED) is 0.134. The number of ether oxygens (including phenoxy) is 1. The predicted molar refractivity (Wildman–Crippen MR) is 122 cm³/mol. The Kier molecular flexibility index (Phi) is 6.32. The number of alkyl halides is 1. The lowest BCUT2D eigenvalue weighted by Crippen LogP contribution is -2.08. The minimum absolute atomic E-state index is 0.231. The second kappa shape index (κ2) is 9.12. The second-order valence-electron chi connectivity index (χ2n) is 6.46. The molecule has 0 saturated carbocycles. The second-order valence-corrected chi connectivity index (χ2v) is 8.61. The lowest BCUT2D eigenvalue weighted by atomic mass is 10.1. The van der Waals surface area contributed by atoms with Gasteiger partial charge in [-0.25, -0.2) is 9.78 Å². The summed E-state index contributed by atoms with van der Waals surface area (Å²) in [7, 11) is 0. The maximum atomic E-state index is 12.6. The number of carbonyl (C=O) groups excluding carboxylic acids is 1. The van der Waals surface area contributed by atoms with E-state index in [9.17, 15) is 9.59 Å². The minimum atomic E-state index is -0.496. The van der Waals surface area contributed by atoms with Gasteiger partial charge in [0.05, 0.1) is 11.3 Å². The summed E-state index contributed by atoms with van der Waals surface area (Å²) in [5.41, 5.74) is 2.00. The molecule has 0 atom stereocenters. The normalized spacial score (nSPS) is 11.0. The average Bonchev–Trinajstić information content (AvgIpc) is 3.22. The smallest absolute Gasteiger partial charge is 0.346 e. The van der Waals surface area contributed by atoms with Crippen LogP contribution in [0.25, 0.3) is 32.8 Å². The van der Waals surface area contributed by atoms with Gasteiger partial charge in [0.25, 0.3) is 0 Å². The van der Waals surface area contributed by atoms with Gasteiger partial charge in [0.15, 0.2) is 0 Å². The fraction of sp³-hybridized carbons (Fsp3) is 0.136. The van der Waals surface area contributed by atoms with E-state index >= 15 is 0 Å². The molecule has 2 heterocycles. The highest BCUT2D eigenvalue weighted by atomic mass is 79.9. The van der Waals surface area contributed by atoms with Crippen LogP contribution in [0.4, 0.5) is 0 Å². The first kappa shape index (κ1) is 20.8. The number of aromatic nitrogens is 1. The number of esters is 1. The monoisotopic (exact) mass is 503 g/mol. The molecule has 0 N–H and O–H groups in total. The van der Waals surface area contributed by atoms with Crippen LogP contribution >= 0.6 is 38.9 Å². The number of halogens is 2. The van der Waals surface area contributed by atoms with Gasteiger partial charge in [-0.15, -0.1) is 22.9 Å². The Bertz CT molecular complexity index is 1270. The molecular weight excluding hydrogens is 490 g/mol. The zero-order chi connectivity index (χ0) is 21.1. The number of hydrogen-bond acceptors (Lipinski definition) is 6. The number of thiazole rings is 1. The van der Waals surface area contributed by atoms with Crippen molar-refractivity contribution in [3.8, 4) is 27.6 Å². The molecule has 4 rings (SSSR count). The Morgan fingerprint density at radius 1 is 1.17 bits per heavy atom. The molecule has 0 bridgehead atoms. The molecule has 0 fully saturated rings. The van der Waals surface area contributed by atoms with Crippen LogP contribution < -0.4 is 10.4 Å². The van der Waals surface area contributed by atoms with Gasteiger partial charge in [0.2, 0.25) is 0 Å². The van der Waals surface area contributed by atoms with Crippen LogP contribution in [-0.4, -0.2) is 16.8 Å². The van der Waals surface area contributed by atoms with Gasteiger partial charge < -0.3 is 9.15 Å². The Labute approximate surface area is 189 Å². The Hall–Kier alpha value is -2.48. The van der Waals surface area contributed by atoms with Gasteiger partial charge in [0.1, 0.15) is 16.3 Å². The van der Waals surface area contributed by atoms with Crippen molar-refractivity contribution < 1.29 is 13.9 Å². The molecule has 8 heteroatoms. The molecule has 0 radical (unpaired) electrons. The lowest BCUT2D eigenvalue weighted by Gasteiger charge is -2.05. The molecule has 4 aromatic rings. The molecule has 0 spiro atoms. The summed E-state index contributed by atoms with van der Waals surface area (Å²) in [4.78, 5) is 28.9. The highest BCUT2D eigenvalue weighted by Crippen LogP contribution is 2.30. The van der Waals surface area contributed by atoms with Crippen molar-refractivity contribution in [3.63, 3.8) is 0 Å². The van der Waals surface area contributed by atoms with Crippen molar-refractivity contribution >= 4 is 55.8 Å². The molecule has 0 amide bonds. The van der Waals surface area contributed by atoms with Crippen LogP contribution in [0.15, 0.2) is 67.6 Å². The summed E-state index contributed by atoms with van der Waals surface area (Å²) in [5.74, 6) is 0.340. The number of hydrogen-bond donors (Lipinski definition) is 0. The van der Waals surface area contributed by atoms with E-state index in [2.05, 4.69) is 20.9 Å². The van der Waals surface area contributed by atoms with Gasteiger partial charge in [0, 0.05) is 39.2 Å². The van der Waals surface area contributed by atoms with Crippen LogP contribution in [0, 0.1) is 0 Å². The number of benzene rings is 2. The first-order valence-corrected chi connectivity index (χ1v) is 11.3. The molecule has 0 unspecified atom stereocenters. The third kappa shape index (κ3) is 4.64. The van der Waals surface area contributed by atoms with Gasteiger partial charge >= 0.3 is 11.6 Å². The number of rotatable bonds is 6. The minimum Gasteiger partial charge on any atom is -0.426 e. The summed E-state index contributed by atoms with van der Waals surface area (Å²) in [6, 6.07) is 14.5. The largest absolute Gasteiger partial charge is 0.426 e. The molecule has 5 nitrogen and oxygen atoms in total. The van der Waals surface area contributed by atoms with Crippen LogP contribution in [-0.2, 0) is 4.79 Å². The SMILES string of the molecule is O=C(CCCCl)Oc1ccc2cc(-c3nc(-c4ccc(Br)cc4)cs3)c(=O)oc2c1. The maximum absolute atomic E-state index is 12.6. The van der Waals surface area contributed by atoms with Crippen molar-refractivity contribution in [2.45, 2.75) is 12.8 Å². The van der Waals surface area contributed by atoms with Crippen molar-refractivity contribution in [1.29, 1.82) is 0 Å². The molecular formula is C22H15BrClNO4S. The Morgan fingerprint density at radius 3 is 2.73 bits per heavy atom. The molecule has 152 valence electrons. The van der Waals surface area contributed by atoms with Gasteiger partial charge in [-0.3, -0.25) is 4.79 Å². The fourth-order valence-corrected chi connectivity index (χ4v) is 4.08. The molecule has 0 saturated heterocycles. The van der Waals surface area contributed by atoms with Gasteiger partial charge in [-0.1, -0.05) is 28.1 Å². The van der Waals surface area contributed by atoms with Crippen LogP contribution in [0.2, 0.25) is 0 Å². The van der Waals surface area contributed by atoms with Crippen molar-refractivity contribution in [1.82, 2.24) is 4.98 Å². The van der Waals surface area contributed by atoms with Gasteiger partial charge in [-0.2, -0.15) is 0 Å². The zero-order valence-electron chi connectivity index (χ0n) is 15.6. The molecule has 2 aromatic heterocycles. The maximum Gasteiger partial charge on any atom is 0.346 e. The molecule has 0 aliphatic carbocycles. The molecule has 2 aromatic carbocycles. The van der Waals surface area contributed by atoms with Crippen molar-refractivity contribution in [3.05, 3.63) is 68.8 Å². The van der Waals surface area contributed by atoms with E-state index in [1.165, 1.54) is 17.4 Å². The number of fused-ring (bicyclic) bond motifs is 1. The summed E-state index contributed by atoms with van der Waals surface area (Å²) in [6.45, 7) is 0. The Morgan fingerprint density at radius 2 is 1.97 bits per heavy atom. The zero-order valence-corrected chi connectivity index (χ0v) is 18.7. The van der Waals surface area contributed by atoms with E-state index in [-0.39, 0.29) is 12.4 Å². The van der Waals surface area contributed by atoms with Crippen LogP contribution in [0.5, 0.6) is 5.75 Å². The average molecular weight is 505 g/mol. The molecule has 0 aliphatic rings. The highest BCUT2D eigenvalue weighted by Gasteiger charge is 2.14. The number of carbonyl (C=O) groups is 1. The third-order valence-electron chi connectivity index (χ3n) is 4.33. The van der Waals surface area contributed by atoms with Crippen molar-refractivity contribution in [2.75, 3.05) is 5.88 Å². The first-order chi connectivity index (χ1) is 14.5. The van der Waals surface area contributed by atoms with E-state index < -0.39 is 5.63 Å². The lowest BCUT2D eigenvalue weighted by molar-refractivity contribution is -0.134. The molecule has 0 aliphatic heterocycles. The van der Waals surface area contributed by atoms with E-state index in [1.54, 1.807) is 18.2 Å². The summed E-state index contributed by atoms with van der Waals surface area (Å²) in [6.07, 6.45) is 0.775. The summed E-state index contributed by atoms with van der Waals surface area (Å²) < 4.78 is 11.7. The molecule has 30 heavy (non-hydrogen) atoms. The third-order valence-corrected chi connectivity index (χ3v) is 6.00. The van der Waals surface area contributed by atoms with Crippen molar-refractivity contribution in [2.24, 2.45) is 0 Å².